The Bertz CT molecular complexity index is 398. The minimum atomic E-state index is 0.606. The van der Waals surface area contributed by atoms with Crippen molar-refractivity contribution in [3.05, 3.63) is 41.1 Å². The summed E-state index contributed by atoms with van der Waals surface area (Å²) in [6, 6.07) is 8.55. The molecule has 13 heavy (non-hydrogen) atoms. The first kappa shape index (κ1) is 8.43. The Morgan fingerprint density at radius 3 is 2.54 bits per heavy atom. The van der Waals surface area contributed by atoms with Crippen LogP contribution < -0.4 is 10.4 Å². The summed E-state index contributed by atoms with van der Waals surface area (Å²) >= 11 is 0. The SMILES string of the molecule is CC(C)C1C=c2ccccc2=C[CH+]1. The third-order valence-corrected chi connectivity index (χ3v) is 2.64. The molecule has 1 atom stereocenters. The van der Waals surface area contributed by atoms with E-state index >= 15 is 0 Å². The predicted molar refractivity (Wildman–Crippen MR) is 57.3 cm³/mol. The van der Waals surface area contributed by atoms with E-state index in [1.165, 1.54) is 10.4 Å². The van der Waals surface area contributed by atoms with Crippen molar-refractivity contribution in [1.82, 2.24) is 0 Å². The average molecular weight is 171 g/mol. The molecule has 0 radical (unpaired) electrons. The standard InChI is InChI=1S/C13H15/c1-10(2)12-8-7-11-5-3-4-6-13(11)9-12/h3-10,12H,1-2H3/q+1. The van der Waals surface area contributed by atoms with Crippen molar-refractivity contribution in [3.63, 3.8) is 0 Å². The summed E-state index contributed by atoms with van der Waals surface area (Å²) < 4.78 is 0. The van der Waals surface area contributed by atoms with Crippen molar-refractivity contribution in [1.29, 1.82) is 0 Å². The van der Waals surface area contributed by atoms with Gasteiger partial charge in [-0.2, -0.15) is 0 Å². The van der Waals surface area contributed by atoms with Crippen molar-refractivity contribution >= 4 is 12.2 Å². The molecule has 1 aromatic rings. The van der Waals surface area contributed by atoms with Crippen LogP contribution in [0.4, 0.5) is 0 Å². The van der Waals surface area contributed by atoms with Gasteiger partial charge in [0.05, 0.1) is 11.1 Å². The highest BCUT2D eigenvalue weighted by molar-refractivity contribution is 5.48. The molecule has 0 saturated carbocycles. The Balaban J connectivity index is 2.49. The van der Waals surface area contributed by atoms with Crippen LogP contribution in [0.3, 0.4) is 0 Å². The third kappa shape index (κ3) is 1.62. The summed E-state index contributed by atoms with van der Waals surface area (Å²) in [4.78, 5) is 0. The van der Waals surface area contributed by atoms with E-state index in [-0.39, 0.29) is 0 Å². The third-order valence-electron chi connectivity index (χ3n) is 2.64. The molecule has 0 spiro atoms. The van der Waals surface area contributed by atoms with Gasteiger partial charge >= 0.3 is 0 Å². The minimum absolute atomic E-state index is 0.606. The van der Waals surface area contributed by atoms with E-state index in [4.69, 9.17) is 0 Å². The van der Waals surface area contributed by atoms with E-state index < -0.39 is 0 Å². The Hall–Kier alpha value is -1.17. The molecule has 0 fully saturated rings. The largest absolute Gasteiger partial charge is 0.111 e. The maximum absolute atomic E-state index is 2.36. The molecule has 0 bridgehead atoms. The molecule has 1 aliphatic carbocycles. The molecule has 66 valence electrons. The van der Waals surface area contributed by atoms with Crippen LogP contribution in [0.2, 0.25) is 0 Å². The van der Waals surface area contributed by atoms with Gasteiger partial charge in [-0.3, -0.25) is 0 Å². The second kappa shape index (κ2) is 3.29. The normalized spacial score (nSPS) is 19.8. The molecule has 0 N–H and O–H groups in total. The highest BCUT2D eigenvalue weighted by Gasteiger charge is 2.17. The van der Waals surface area contributed by atoms with Crippen LogP contribution >= 0.6 is 0 Å². The number of rotatable bonds is 1. The van der Waals surface area contributed by atoms with Crippen LogP contribution in [0.1, 0.15) is 13.8 Å². The second-order valence-electron chi connectivity index (χ2n) is 3.98. The van der Waals surface area contributed by atoms with E-state index in [1.807, 2.05) is 0 Å². The zero-order valence-electron chi connectivity index (χ0n) is 8.20. The molecule has 1 unspecified atom stereocenters. The molecule has 1 aromatic carbocycles. The van der Waals surface area contributed by atoms with E-state index in [0.29, 0.717) is 11.8 Å². The van der Waals surface area contributed by atoms with Crippen LogP contribution in [0.5, 0.6) is 0 Å². The molecule has 0 aliphatic heterocycles. The van der Waals surface area contributed by atoms with Gasteiger partial charge in [-0.1, -0.05) is 19.9 Å². The molecule has 0 heteroatoms. The summed E-state index contributed by atoms with van der Waals surface area (Å²) in [5.41, 5.74) is 0. The Labute approximate surface area is 79.6 Å². The summed E-state index contributed by atoms with van der Waals surface area (Å²) in [6.45, 7) is 4.53. The zero-order valence-corrected chi connectivity index (χ0v) is 8.20. The summed E-state index contributed by atoms with van der Waals surface area (Å²) in [6.07, 6.45) is 6.90. The van der Waals surface area contributed by atoms with Crippen LogP contribution in [0, 0.1) is 18.3 Å². The van der Waals surface area contributed by atoms with E-state index in [1.54, 1.807) is 0 Å². The van der Waals surface area contributed by atoms with Gasteiger partial charge in [0.2, 0.25) is 0 Å². The Morgan fingerprint density at radius 2 is 1.85 bits per heavy atom. The quantitative estimate of drug-likeness (QED) is 0.565. The Morgan fingerprint density at radius 1 is 1.15 bits per heavy atom. The van der Waals surface area contributed by atoms with Gasteiger partial charge in [-0.25, -0.2) is 0 Å². The van der Waals surface area contributed by atoms with Crippen LogP contribution in [0.25, 0.3) is 12.2 Å². The zero-order chi connectivity index (χ0) is 9.26. The lowest BCUT2D eigenvalue weighted by Crippen LogP contribution is -2.29. The van der Waals surface area contributed by atoms with Crippen LogP contribution in [0.15, 0.2) is 24.3 Å². The van der Waals surface area contributed by atoms with E-state index in [9.17, 15) is 0 Å². The van der Waals surface area contributed by atoms with Crippen LogP contribution in [-0.2, 0) is 0 Å². The van der Waals surface area contributed by atoms with Gasteiger partial charge in [0.15, 0.2) is 0 Å². The van der Waals surface area contributed by atoms with Crippen molar-refractivity contribution in [2.45, 2.75) is 13.8 Å². The van der Waals surface area contributed by atoms with Gasteiger partial charge in [-0.15, -0.1) is 0 Å². The fourth-order valence-corrected chi connectivity index (χ4v) is 1.71. The smallest absolute Gasteiger partial charge is 0.0601 e. The molecule has 0 saturated heterocycles. The van der Waals surface area contributed by atoms with Gasteiger partial charge in [-0.05, 0) is 24.1 Å². The van der Waals surface area contributed by atoms with Crippen molar-refractivity contribution in [2.24, 2.45) is 11.8 Å². The van der Waals surface area contributed by atoms with Crippen molar-refractivity contribution in [3.8, 4) is 0 Å². The van der Waals surface area contributed by atoms with E-state index in [2.05, 4.69) is 56.7 Å². The van der Waals surface area contributed by atoms with Gasteiger partial charge in [0.25, 0.3) is 0 Å². The first-order valence-electron chi connectivity index (χ1n) is 4.89. The fourth-order valence-electron chi connectivity index (χ4n) is 1.71. The number of hydrogen-bond acceptors (Lipinski definition) is 0. The summed E-state index contributed by atoms with van der Waals surface area (Å²) in [5, 5.41) is 2.73. The molecule has 0 nitrogen and oxygen atoms in total. The molecular formula is C13H15+. The molecule has 1 aliphatic rings. The molecule has 2 rings (SSSR count). The fraction of sp³-hybridized carbons (Fsp3) is 0.308. The second-order valence-corrected chi connectivity index (χ2v) is 3.98. The monoisotopic (exact) mass is 171 g/mol. The topological polar surface area (TPSA) is 0 Å². The average Bonchev–Trinajstić information content (AvgIpc) is 2.17. The van der Waals surface area contributed by atoms with E-state index in [0.717, 1.165) is 0 Å². The lowest BCUT2D eigenvalue weighted by atomic mass is 9.88. The number of fused-ring (bicyclic) bond motifs is 1. The van der Waals surface area contributed by atoms with Crippen LogP contribution in [-0.4, -0.2) is 0 Å². The summed E-state index contributed by atoms with van der Waals surface area (Å²) in [5.74, 6) is 1.31. The highest BCUT2D eigenvalue weighted by atomic mass is 14.1. The Kier molecular flexibility index (Phi) is 2.13. The highest BCUT2D eigenvalue weighted by Crippen LogP contribution is 2.17. The first-order valence-corrected chi connectivity index (χ1v) is 4.89. The first-order chi connectivity index (χ1) is 6.27. The van der Waals surface area contributed by atoms with Gasteiger partial charge < -0.3 is 0 Å². The maximum atomic E-state index is 2.36. The van der Waals surface area contributed by atoms with Crippen molar-refractivity contribution in [2.75, 3.05) is 0 Å². The lowest BCUT2D eigenvalue weighted by molar-refractivity contribution is 0.555. The molecule has 0 amide bonds. The van der Waals surface area contributed by atoms with Gasteiger partial charge in [0.1, 0.15) is 11.3 Å². The molecule has 0 heterocycles. The maximum Gasteiger partial charge on any atom is 0.111 e. The molecular weight excluding hydrogens is 156 g/mol. The summed E-state index contributed by atoms with van der Waals surface area (Å²) in [7, 11) is 0. The molecule has 0 aromatic heterocycles. The number of benzene rings is 1. The minimum Gasteiger partial charge on any atom is -0.0601 e. The predicted octanol–water partition coefficient (Wildman–Crippen LogP) is 1.74. The van der Waals surface area contributed by atoms with Crippen molar-refractivity contribution < 1.29 is 0 Å². The van der Waals surface area contributed by atoms with Gasteiger partial charge in [0, 0.05) is 12.5 Å². The lowest BCUT2D eigenvalue weighted by Gasteiger charge is -2.11. The number of hydrogen-bond donors (Lipinski definition) is 0.